The van der Waals surface area contributed by atoms with Gasteiger partial charge in [-0.05, 0) is 30.7 Å². The molecule has 0 aliphatic rings. The van der Waals surface area contributed by atoms with Crippen LogP contribution in [0.4, 0.5) is 4.39 Å². The molecule has 0 unspecified atom stereocenters. The van der Waals surface area contributed by atoms with Gasteiger partial charge in [0.1, 0.15) is 5.82 Å². The number of rotatable bonds is 2. The highest BCUT2D eigenvalue weighted by Gasteiger charge is 2.04. The van der Waals surface area contributed by atoms with E-state index in [-0.39, 0.29) is 12.4 Å². The Morgan fingerprint density at radius 1 is 1.25 bits per heavy atom. The van der Waals surface area contributed by atoms with E-state index < -0.39 is 0 Å². The van der Waals surface area contributed by atoms with Gasteiger partial charge in [-0.15, -0.1) is 0 Å². The zero-order chi connectivity index (χ0) is 11.5. The first-order chi connectivity index (χ1) is 7.70. The third kappa shape index (κ3) is 2.06. The molecule has 0 atom stereocenters. The maximum atomic E-state index is 13.1. The Labute approximate surface area is 92.6 Å². The van der Waals surface area contributed by atoms with Gasteiger partial charge in [-0.1, -0.05) is 0 Å². The number of benzene rings is 1. The van der Waals surface area contributed by atoms with E-state index in [2.05, 4.69) is 9.97 Å². The molecule has 0 saturated carbocycles. The van der Waals surface area contributed by atoms with Crippen LogP contribution in [0, 0.1) is 12.7 Å². The highest BCUT2D eigenvalue weighted by atomic mass is 19.1. The Hall–Kier alpha value is -1.81. The molecule has 0 aliphatic carbocycles. The molecule has 82 valence electrons. The molecule has 0 radical (unpaired) electrons. The third-order valence-corrected chi connectivity index (χ3v) is 2.30. The minimum absolute atomic E-state index is 0.0806. The quantitative estimate of drug-likeness (QED) is 0.839. The fraction of sp³-hybridized carbons (Fsp3) is 0.167. The second kappa shape index (κ2) is 4.37. The van der Waals surface area contributed by atoms with Crippen molar-refractivity contribution in [2.45, 2.75) is 13.5 Å². The maximum Gasteiger partial charge on any atom is 0.159 e. The van der Waals surface area contributed by atoms with Crippen LogP contribution in [0.1, 0.15) is 11.1 Å². The van der Waals surface area contributed by atoms with Crippen LogP contribution in [0.5, 0.6) is 0 Å². The highest BCUT2D eigenvalue weighted by molar-refractivity contribution is 5.55. The lowest BCUT2D eigenvalue weighted by Gasteiger charge is -2.02. The molecule has 16 heavy (non-hydrogen) atoms. The van der Waals surface area contributed by atoms with Gasteiger partial charge < -0.3 is 5.11 Å². The number of aryl methyl sites for hydroxylation is 1. The van der Waals surface area contributed by atoms with Gasteiger partial charge >= 0.3 is 0 Å². The zero-order valence-corrected chi connectivity index (χ0v) is 8.81. The lowest BCUT2D eigenvalue weighted by Crippen LogP contribution is -1.93. The summed E-state index contributed by atoms with van der Waals surface area (Å²) in [4.78, 5) is 8.19. The number of nitrogens with zero attached hydrogens (tertiary/aromatic N) is 2. The smallest absolute Gasteiger partial charge is 0.159 e. The monoisotopic (exact) mass is 218 g/mol. The van der Waals surface area contributed by atoms with E-state index in [1.54, 1.807) is 31.5 Å². The molecule has 0 amide bonds. The summed E-state index contributed by atoms with van der Waals surface area (Å²) >= 11 is 0. The fourth-order valence-corrected chi connectivity index (χ4v) is 1.37. The average molecular weight is 218 g/mol. The van der Waals surface area contributed by atoms with Crippen molar-refractivity contribution in [1.82, 2.24) is 9.97 Å². The summed E-state index contributed by atoms with van der Waals surface area (Å²) in [5, 5.41) is 8.85. The summed E-state index contributed by atoms with van der Waals surface area (Å²) in [5.41, 5.74) is 1.98. The largest absolute Gasteiger partial charge is 0.392 e. The van der Waals surface area contributed by atoms with Crippen molar-refractivity contribution in [2.75, 3.05) is 0 Å². The summed E-state index contributed by atoms with van der Waals surface area (Å²) in [6.07, 6.45) is 3.11. The van der Waals surface area contributed by atoms with Crippen molar-refractivity contribution in [3.63, 3.8) is 0 Å². The molecule has 1 aromatic carbocycles. The summed E-state index contributed by atoms with van der Waals surface area (Å²) in [6.45, 7) is 1.61. The minimum atomic E-state index is -0.240. The van der Waals surface area contributed by atoms with Gasteiger partial charge in [-0.25, -0.2) is 14.4 Å². The van der Waals surface area contributed by atoms with Crippen LogP contribution in [-0.2, 0) is 6.61 Å². The number of hydrogen-bond donors (Lipinski definition) is 1. The molecule has 1 N–H and O–H groups in total. The van der Waals surface area contributed by atoms with E-state index in [0.29, 0.717) is 17.0 Å². The molecule has 0 aliphatic heterocycles. The van der Waals surface area contributed by atoms with Gasteiger partial charge in [0.2, 0.25) is 0 Å². The topological polar surface area (TPSA) is 46.0 Å². The second-order valence-corrected chi connectivity index (χ2v) is 3.54. The van der Waals surface area contributed by atoms with Crippen molar-refractivity contribution in [2.24, 2.45) is 0 Å². The van der Waals surface area contributed by atoms with E-state index in [0.717, 1.165) is 5.56 Å². The lowest BCUT2D eigenvalue weighted by atomic mass is 10.1. The van der Waals surface area contributed by atoms with E-state index >= 15 is 0 Å². The van der Waals surface area contributed by atoms with Gasteiger partial charge in [-0.2, -0.15) is 0 Å². The molecule has 1 heterocycles. The van der Waals surface area contributed by atoms with E-state index in [9.17, 15) is 4.39 Å². The molecular weight excluding hydrogens is 207 g/mol. The fourth-order valence-electron chi connectivity index (χ4n) is 1.37. The number of aromatic nitrogens is 2. The van der Waals surface area contributed by atoms with Crippen molar-refractivity contribution in [1.29, 1.82) is 0 Å². The molecule has 3 nitrogen and oxygen atoms in total. The zero-order valence-electron chi connectivity index (χ0n) is 8.81. The Kier molecular flexibility index (Phi) is 2.92. The van der Waals surface area contributed by atoms with Crippen molar-refractivity contribution in [3.05, 3.63) is 47.5 Å². The number of halogens is 1. The van der Waals surface area contributed by atoms with Gasteiger partial charge in [0.25, 0.3) is 0 Å². The molecule has 1 aromatic heterocycles. The second-order valence-electron chi connectivity index (χ2n) is 3.54. The van der Waals surface area contributed by atoms with Crippen LogP contribution >= 0.6 is 0 Å². The first kappa shape index (κ1) is 10.7. The Morgan fingerprint density at radius 2 is 1.94 bits per heavy atom. The summed E-state index contributed by atoms with van der Waals surface area (Å²) in [7, 11) is 0. The standard InChI is InChI=1S/C12H11FN2O/c1-8-4-10(2-3-11(8)13)12-14-5-9(7-16)6-15-12/h2-6,16H,7H2,1H3. The molecule has 2 rings (SSSR count). The van der Waals surface area contributed by atoms with Crippen molar-refractivity contribution < 1.29 is 9.50 Å². The van der Waals surface area contributed by atoms with E-state index in [4.69, 9.17) is 5.11 Å². The molecule has 0 saturated heterocycles. The minimum Gasteiger partial charge on any atom is -0.392 e. The Bertz CT molecular complexity index is 497. The van der Waals surface area contributed by atoms with Crippen molar-refractivity contribution in [3.8, 4) is 11.4 Å². The summed E-state index contributed by atoms with van der Waals surface area (Å²) in [5.74, 6) is 0.288. The molecular formula is C12H11FN2O. The number of aliphatic hydroxyl groups is 1. The van der Waals surface area contributed by atoms with Crippen LogP contribution < -0.4 is 0 Å². The predicted molar refractivity (Wildman–Crippen MR) is 58.1 cm³/mol. The molecule has 0 bridgehead atoms. The first-order valence-electron chi connectivity index (χ1n) is 4.89. The van der Waals surface area contributed by atoms with E-state index in [1.807, 2.05) is 0 Å². The van der Waals surface area contributed by atoms with Gasteiger partial charge in [0.05, 0.1) is 6.61 Å². The van der Waals surface area contributed by atoms with Gasteiger partial charge in [0, 0.05) is 23.5 Å². The third-order valence-electron chi connectivity index (χ3n) is 2.30. The normalized spacial score (nSPS) is 10.4. The predicted octanol–water partition coefficient (Wildman–Crippen LogP) is 2.08. The SMILES string of the molecule is Cc1cc(-c2ncc(CO)cn2)ccc1F. The Balaban J connectivity index is 2.38. The highest BCUT2D eigenvalue weighted by Crippen LogP contribution is 2.17. The maximum absolute atomic E-state index is 13.1. The average Bonchev–Trinajstić information content (AvgIpc) is 2.33. The van der Waals surface area contributed by atoms with Crippen LogP contribution in [0.25, 0.3) is 11.4 Å². The van der Waals surface area contributed by atoms with E-state index in [1.165, 1.54) is 6.07 Å². The molecule has 4 heteroatoms. The lowest BCUT2D eigenvalue weighted by molar-refractivity contribution is 0.281. The summed E-state index contributed by atoms with van der Waals surface area (Å²) in [6, 6.07) is 4.73. The van der Waals surface area contributed by atoms with Crippen molar-refractivity contribution >= 4 is 0 Å². The number of aliphatic hydroxyl groups excluding tert-OH is 1. The number of hydrogen-bond acceptors (Lipinski definition) is 3. The van der Waals surface area contributed by atoms with Crippen LogP contribution in [0.15, 0.2) is 30.6 Å². The first-order valence-corrected chi connectivity index (χ1v) is 4.89. The molecule has 2 aromatic rings. The summed E-state index contributed by atoms with van der Waals surface area (Å²) < 4.78 is 13.1. The van der Waals surface area contributed by atoms with Gasteiger partial charge in [0.15, 0.2) is 5.82 Å². The van der Waals surface area contributed by atoms with Gasteiger partial charge in [-0.3, -0.25) is 0 Å². The van der Waals surface area contributed by atoms with Crippen LogP contribution in [0.2, 0.25) is 0 Å². The van der Waals surface area contributed by atoms with Crippen LogP contribution in [-0.4, -0.2) is 15.1 Å². The molecule has 0 fully saturated rings. The van der Waals surface area contributed by atoms with Crippen LogP contribution in [0.3, 0.4) is 0 Å². The molecule has 0 spiro atoms. The Morgan fingerprint density at radius 3 is 2.50 bits per heavy atom.